The molecule has 170 valence electrons. The average Bonchev–Trinajstić information content (AvgIpc) is 3.12. The molecular formula is C27H26BrNO4. The van der Waals surface area contributed by atoms with Gasteiger partial charge >= 0.3 is 5.97 Å². The highest BCUT2D eigenvalue weighted by Crippen LogP contribution is 2.34. The number of nitrogens with zero attached hydrogens (tertiary/aromatic N) is 1. The molecule has 0 aliphatic carbocycles. The molecule has 6 heteroatoms. The van der Waals surface area contributed by atoms with E-state index in [2.05, 4.69) is 20.5 Å². The van der Waals surface area contributed by atoms with Crippen molar-refractivity contribution < 1.29 is 19.4 Å². The number of aromatic nitrogens is 1. The van der Waals surface area contributed by atoms with Crippen LogP contribution in [-0.2, 0) is 17.9 Å². The number of fused-ring (bicyclic) bond motifs is 1. The molecule has 0 saturated heterocycles. The Morgan fingerprint density at radius 3 is 2.30 bits per heavy atom. The second kappa shape index (κ2) is 9.41. The second-order valence-electron chi connectivity index (χ2n) is 8.83. The van der Waals surface area contributed by atoms with Crippen LogP contribution in [0.3, 0.4) is 0 Å². The second-order valence-corrected chi connectivity index (χ2v) is 9.69. The Kier molecular flexibility index (Phi) is 6.58. The van der Waals surface area contributed by atoms with Crippen molar-refractivity contribution in [1.29, 1.82) is 0 Å². The third-order valence-electron chi connectivity index (χ3n) is 5.10. The molecule has 0 unspecified atom stereocenters. The maximum absolute atomic E-state index is 12.3. The minimum Gasteiger partial charge on any atom is -0.457 e. The summed E-state index contributed by atoms with van der Waals surface area (Å²) in [4.78, 5) is 12.3. The first kappa shape index (κ1) is 23.1. The summed E-state index contributed by atoms with van der Waals surface area (Å²) >= 11 is 3.65. The van der Waals surface area contributed by atoms with Gasteiger partial charge in [0.2, 0.25) is 0 Å². The number of rotatable bonds is 6. The molecule has 0 bridgehead atoms. The van der Waals surface area contributed by atoms with Gasteiger partial charge in [0.1, 0.15) is 17.1 Å². The highest BCUT2D eigenvalue weighted by atomic mass is 79.9. The Morgan fingerprint density at radius 2 is 1.67 bits per heavy atom. The van der Waals surface area contributed by atoms with Gasteiger partial charge in [-0.2, -0.15) is 0 Å². The highest BCUT2D eigenvalue weighted by Gasteiger charge is 2.18. The number of carbonyl (C=O) groups excluding carboxylic acids is 1. The lowest BCUT2D eigenvalue weighted by atomic mass is 10.1. The Morgan fingerprint density at radius 1 is 0.970 bits per heavy atom. The first-order valence-electron chi connectivity index (χ1n) is 10.7. The molecule has 5 nitrogen and oxygen atoms in total. The standard InChI is InChI=1S/C27H26BrNO4/c1-27(2,3)33-26(31)19-11-9-18(10-12-19)16-29-20(17-30)13-23-24(28)14-22(15-25(23)29)32-21-7-5-4-6-8-21/h4-15,30H,16-17H2,1-3H3. The van der Waals surface area contributed by atoms with Crippen molar-refractivity contribution in [3.63, 3.8) is 0 Å². The predicted molar refractivity (Wildman–Crippen MR) is 133 cm³/mol. The SMILES string of the molecule is CC(C)(C)OC(=O)c1ccc(Cn2c(CO)cc3c(Br)cc(Oc4ccccc4)cc32)cc1. The topological polar surface area (TPSA) is 60.7 Å². The summed E-state index contributed by atoms with van der Waals surface area (Å²) < 4.78 is 14.4. The number of aliphatic hydroxyl groups is 1. The molecule has 0 amide bonds. The van der Waals surface area contributed by atoms with Gasteiger partial charge < -0.3 is 19.1 Å². The Bertz CT molecular complexity index is 1270. The summed E-state index contributed by atoms with van der Waals surface area (Å²) in [5, 5.41) is 11.0. The van der Waals surface area contributed by atoms with Gasteiger partial charge in [-0.05, 0) is 78.7 Å². The zero-order valence-electron chi connectivity index (χ0n) is 18.8. The van der Waals surface area contributed by atoms with Crippen LogP contribution in [0.4, 0.5) is 0 Å². The van der Waals surface area contributed by atoms with Crippen molar-refractivity contribution in [3.8, 4) is 11.5 Å². The molecule has 4 aromatic rings. The minimum atomic E-state index is -0.539. The summed E-state index contributed by atoms with van der Waals surface area (Å²) in [7, 11) is 0. The molecular weight excluding hydrogens is 482 g/mol. The number of benzene rings is 3. The normalized spacial score (nSPS) is 11.5. The number of hydrogen-bond donors (Lipinski definition) is 1. The van der Waals surface area contributed by atoms with E-state index in [9.17, 15) is 9.90 Å². The molecule has 0 aliphatic rings. The number of carbonyl (C=O) groups is 1. The van der Waals surface area contributed by atoms with E-state index in [4.69, 9.17) is 9.47 Å². The molecule has 33 heavy (non-hydrogen) atoms. The van der Waals surface area contributed by atoms with E-state index in [0.29, 0.717) is 17.9 Å². The summed E-state index contributed by atoms with van der Waals surface area (Å²) in [5.74, 6) is 1.11. The van der Waals surface area contributed by atoms with E-state index < -0.39 is 5.60 Å². The number of para-hydroxylation sites is 1. The quantitative estimate of drug-likeness (QED) is 0.295. The van der Waals surface area contributed by atoms with Crippen molar-refractivity contribution >= 4 is 32.8 Å². The van der Waals surface area contributed by atoms with E-state index in [1.165, 1.54) is 0 Å². The average molecular weight is 508 g/mol. The minimum absolute atomic E-state index is 0.0913. The summed E-state index contributed by atoms with van der Waals surface area (Å²) in [6.45, 7) is 5.99. The van der Waals surface area contributed by atoms with Crippen molar-refractivity contribution in [3.05, 3.63) is 94.1 Å². The van der Waals surface area contributed by atoms with Gasteiger partial charge in [-0.3, -0.25) is 0 Å². The first-order valence-corrected chi connectivity index (χ1v) is 11.5. The Hall–Kier alpha value is -3.09. The number of esters is 1. The van der Waals surface area contributed by atoms with Crippen LogP contribution in [0.15, 0.2) is 77.3 Å². The van der Waals surface area contributed by atoms with Crippen LogP contribution in [0.2, 0.25) is 0 Å². The summed E-state index contributed by atoms with van der Waals surface area (Å²) in [6, 6.07) is 22.8. The summed E-state index contributed by atoms with van der Waals surface area (Å²) in [5.41, 5.74) is 2.70. The Labute approximate surface area is 201 Å². The van der Waals surface area contributed by atoms with E-state index in [1.807, 2.05) is 81.4 Å². The van der Waals surface area contributed by atoms with Gasteiger partial charge in [0.15, 0.2) is 0 Å². The zero-order chi connectivity index (χ0) is 23.6. The number of aliphatic hydroxyl groups excluding tert-OH is 1. The molecule has 0 atom stereocenters. The largest absolute Gasteiger partial charge is 0.457 e. The lowest BCUT2D eigenvalue weighted by Gasteiger charge is -2.19. The maximum atomic E-state index is 12.3. The number of ether oxygens (including phenoxy) is 2. The molecule has 1 aromatic heterocycles. The fraction of sp³-hybridized carbons (Fsp3) is 0.222. The van der Waals surface area contributed by atoms with Crippen LogP contribution in [0.5, 0.6) is 11.5 Å². The van der Waals surface area contributed by atoms with Gasteiger partial charge in [0, 0.05) is 28.2 Å². The fourth-order valence-corrected chi connectivity index (χ4v) is 4.15. The van der Waals surface area contributed by atoms with Gasteiger partial charge in [0.25, 0.3) is 0 Å². The van der Waals surface area contributed by atoms with Gasteiger partial charge in [-0.25, -0.2) is 4.79 Å². The van der Waals surface area contributed by atoms with Crippen molar-refractivity contribution in [1.82, 2.24) is 4.57 Å². The van der Waals surface area contributed by atoms with Crippen molar-refractivity contribution in [2.24, 2.45) is 0 Å². The molecule has 0 fully saturated rings. The maximum Gasteiger partial charge on any atom is 0.338 e. The van der Waals surface area contributed by atoms with E-state index in [1.54, 1.807) is 12.1 Å². The number of halogens is 1. The molecule has 1 N–H and O–H groups in total. The van der Waals surface area contributed by atoms with Crippen LogP contribution in [0.25, 0.3) is 10.9 Å². The molecule has 3 aromatic carbocycles. The molecule has 0 aliphatic heterocycles. The lowest BCUT2D eigenvalue weighted by molar-refractivity contribution is 0.00695. The van der Waals surface area contributed by atoms with Crippen LogP contribution in [-0.4, -0.2) is 21.2 Å². The van der Waals surface area contributed by atoms with Crippen LogP contribution < -0.4 is 4.74 Å². The van der Waals surface area contributed by atoms with Crippen molar-refractivity contribution in [2.75, 3.05) is 0 Å². The van der Waals surface area contributed by atoms with E-state index in [0.717, 1.165) is 32.4 Å². The first-order chi connectivity index (χ1) is 15.7. The Balaban J connectivity index is 1.64. The van der Waals surface area contributed by atoms with Gasteiger partial charge in [0.05, 0.1) is 17.7 Å². The lowest BCUT2D eigenvalue weighted by Crippen LogP contribution is -2.23. The van der Waals surface area contributed by atoms with Crippen molar-refractivity contribution in [2.45, 2.75) is 39.5 Å². The van der Waals surface area contributed by atoms with Gasteiger partial charge in [-0.15, -0.1) is 0 Å². The number of hydrogen-bond acceptors (Lipinski definition) is 4. The molecule has 0 radical (unpaired) electrons. The monoisotopic (exact) mass is 507 g/mol. The van der Waals surface area contributed by atoms with Crippen LogP contribution in [0, 0.1) is 0 Å². The smallest absolute Gasteiger partial charge is 0.338 e. The molecule has 1 heterocycles. The van der Waals surface area contributed by atoms with Crippen LogP contribution >= 0.6 is 15.9 Å². The third kappa shape index (κ3) is 5.46. The van der Waals surface area contributed by atoms with Crippen LogP contribution in [0.1, 0.15) is 42.4 Å². The zero-order valence-corrected chi connectivity index (χ0v) is 20.4. The van der Waals surface area contributed by atoms with Gasteiger partial charge in [-0.1, -0.05) is 30.3 Å². The third-order valence-corrected chi connectivity index (χ3v) is 5.76. The summed E-state index contributed by atoms with van der Waals surface area (Å²) in [6.07, 6.45) is 0. The highest BCUT2D eigenvalue weighted by molar-refractivity contribution is 9.10. The van der Waals surface area contributed by atoms with E-state index >= 15 is 0 Å². The predicted octanol–water partition coefficient (Wildman–Crippen LogP) is 6.69. The molecule has 4 rings (SSSR count). The fourth-order valence-electron chi connectivity index (χ4n) is 3.61. The molecule has 0 saturated carbocycles. The van der Waals surface area contributed by atoms with E-state index in [-0.39, 0.29) is 12.6 Å². The molecule has 0 spiro atoms.